The van der Waals surface area contributed by atoms with Crippen LogP contribution in [0.4, 0.5) is 5.69 Å². The molecule has 0 atom stereocenters. The summed E-state index contributed by atoms with van der Waals surface area (Å²) < 4.78 is 8.20. The van der Waals surface area contributed by atoms with Gasteiger partial charge in [0.2, 0.25) is 5.91 Å². The fraction of sp³-hybridized carbons (Fsp3) is 0.353. The maximum absolute atomic E-state index is 12.7. The molecule has 6 rings (SSSR count). The number of nitriles is 1. The Morgan fingerprint density at radius 3 is 2.77 bits per heavy atom. The van der Waals surface area contributed by atoms with Crippen LogP contribution in [0, 0.1) is 23.7 Å². The molecule has 4 heterocycles. The Kier molecular flexibility index (Phi) is 7.63. The van der Waals surface area contributed by atoms with E-state index >= 15 is 0 Å². The molecular weight excluding hydrogens is 538 g/mol. The van der Waals surface area contributed by atoms with E-state index in [-0.39, 0.29) is 11.3 Å². The monoisotopic (exact) mass is 575 g/mol. The Morgan fingerprint density at radius 1 is 1.19 bits per heavy atom. The predicted molar refractivity (Wildman–Crippen MR) is 168 cm³/mol. The van der Waals surface area contributed by atoms with Gasteiger partial charge >= 0.3 is 0 Å². The van der Waals surface area contributed by atoms with Gasteiger partial charge in [0, 0.05) is 80.0 Å². The van der Waals surface area contributed by atoms with Crippen LogP contribution in [0.5, 0.6) is 5.75 Å². The van der Waals surface area contributed by atoms with E-state index in [1.807, 2.05) is 78.2 Å². The van der Waals surface area contributed by atoms with Gasteiger partial charge in [0.1, 0.15) is 18.4 Å². The van der Waals surface area contributed by atoms with E-state index in [1.165, 1.54) is 0 Å². The van der Waals surface area contributed by atoms with Gasteiger partial charge in [-0.15, -0.1) is 0 Å². The van der Waals surface area contributed by atoms with Gasteiger partial charge in [0.25, 0.3) is 0 Å². The quantitative estimate of drug-likeness (QED) is 0.285. The molecule has 1 amide bonds. The maximum Gasteiger partial charge on any atom is 0.246 e. The number of carbonyl (C=O) groups is 1. The van der Waals surface area contributed by atoms with Crippen LogP contribution in [0.15, 0.2) is 67.0 Å². The minimum absolute atomic E-state index is 0.0285. The zero-order valence-electron chi connectivity index (χ0n) is 25.2. The number of ether oxygens (including phenoxy) is 1. The third kappa shape index (κ3) is 5.58. The number of hydrogen-bond donors (Lipinski definition) is 0. The van der Waals surface area contributed by atoms with Gasteiger partial charge in [0.05, 0.1) is 28.7 Å². The van der Waals surface area contributed by atoms with Crippen LogP contribution in [0.25, 0.3) is 22.0 Å². The number of amides is 1. The maximum atomic E-state index is 12.7. The lowest BCUT2D eigenvalue weighted by atomic mass is 9.79. The minimum Gasteiger partial charge on any atom is -0.487 e. The summed E-state index contributed by atoms with van der Waals surface area (Å²) in [7, 11) is 5.90. The molecule has 0 aliphatic carbocycles. The van der Waals surface area contributed by atoms with E-state index < -0.39 is 0 Å². The number of rotatable bonds is 8. The number of likely N-dealkylation sites (tertiary alicyclic amines) is 1. The topological polar surface area (TPSA) is 90.5 Å². The van der Waals surface area contributed by atoms with Crippen LogP contribution in [-0.4, -0.2) is 77.3 Å². The third-order valence-corrected chi connectivity index (χ3v) is 8.57. The van der Waals surface area contributed by atoms with E-state index in [4.69, 9.17) is 4.74 Å². The number of carbonyl (C=O) groups excluding carboxylic acids is 1. The molecular formula is C34H37N7O2. The number of hydrogen-bond acceptors (Lipinski definition) is 7. The predicted octanol–water partition coefficient (Wildman–Crippen LogP) is 4.55. The Morgan fingerprint density at radius 2 is 2.02 bits per heavy atom. The normalized spacial score (nSPS) is 15.9. The third-order valence-electron chi connectivity index (χ3n) is 8.57. The van der Waals surface area contributed by atoms with E-state index in [9.17, 15) is 10.1 Å². The number of nitrogens with zero attached hydrogens (tertiary/aromatic N) is 7. The van der Waals surface area contributed by atoms with Crippen molar-refractivity contribution >= 4 is 22.5 Å². The second-order valence-electron chi connectivity index (χ2n) is 12.1. The van der Waals surface area contributed by atoms with Crippen LogP contribution in [0.2, 0.25) is 0 Å². The zero-order valence-corrected chi connectivity index (χ0v) is 25.2. The Labute approximate surface area is 252 Å². The van der Waals surface area contributed by atoms with E-state index in [2.05, 4.69) is 40.1 Å². The summed E-state index contributed by atoms with van der Waals surface area (Å²) in [5.41, 5.74) is 6.21. The summed E-state index contributed by atoms with van der Waals surface area (Å²) in [6.07, 6.45) is 8.18. The second-order valence-corrected chi connectivity index (χ2v) is 12.1. The van der Waals surface area contributed by atoms with Crippen LogP contribution in [-0.2, 0) is 18.4 Å². The van der Waals surface area contributed by atoms with Crippen molar-refractivity contribution in [2.24, 2.45) is 12.5 Å². The molecule has 0 saturated carbocycles. The number of aromatic nitrogens is 3. The summed E-state index contributed by atoms with van der Waals surface area (Å²) in [6, 6.07) is 16.4. The first kappa shape index (κ1) is 28.4. The van der Waals surface area contributed by atoms with Gasteiger partial charge in [-0.25, -0.2) is 0 Å². The standard InChI is InChI=1S/C34H37N7O2/c1-24-10-11-25-19-37-39(4)33(25)32(24)28-16-27(43-20-26-8-5-6-13-36-26)17-30(29(28)18-35)40-15-12-34(21-40)22-41(23-34)31(42)9-7-14-38(2)3/h5-11,13,16-17,19H,12,14-15,20-23H2,1-4H3/b9-7+. The first-order valence-corrected chi connectivity index (χ1v) is 14.6. The number of pyridine rings is 1. The molecule has 220 valence electrons. The largest absolute Gasteiger partial charge is 0.487 e. The first-order chi connectivity index (χ1) is 20.8. The Hall–Kier alpha value is -4.68. The molecule has 2 aromatic heterocycles. The molecule has 2 aliphatic heterocycles. The van der Waals surface area contributed by atoms with Crippen molar-refractivity contribution < 1.29 is 9.53 Å². The molecule has 2 aromatic carbocycles. The van der Waals surface area contributed by atoms with Gasteiger partial charge in [-0.1, -0.05) is 24.3 Å². The number of fused-ring (bicyclic) bond motifs is 1. The van der Waals surface area contributed by atoms with Crippen molar-refractivity contribution in [2.45, 2.75) is 20.0 Å². The van der Waals surface area contributed by atoms with Gasteiger partial charge in [-0.3, -0.25) is 14.5 Å². The van der Waals surface area contributed by atoms with Crippen LogP contribution in [0.3, 0.4) is 0 Å². The lowest BCUT2D eigenvalue weighted by molar-refractivity contribution is -0.136. The molecule has 1 spiro atoms. The SMILES string of the molecule is Cc1ccc2cnn(C)c2c1-c1cc(OCc2ccccn2)cc(N2CCC3(CN(C(=O)/C=C/CN(C)C)C3)C2)c1C#N. The summed E-state index contributed by atoms with van der Waals surface area (Å²) in [5, 5.41) is 16.2. The molecule has 9 heteroatoms. The van der Waals surface area contributed by atoms with Crippen LogP contribution < -0.4 is 9.64 Å². The Bertz CT molecular complexity index is 1730. The van der Waals surface area contributed by atoms with Crippen molar-refractivity contribution in [1.82, 2.24) is 24.6 Å². The van der Waals surface area contributed by atoms with Crippen LogP contribution in [0.1, 0.15) is 23.2 Å². The lowest BCUT2D eigenvalue weighted by Gasteiger charge is -2.47. The molecule has 2 fully saturated rings. The molecule has 0 N–H and O–H groups in total. The molecule has 0 radical (unpaired) electrons. The van der Waals surface area contributed by atoms with Crippen molar-refractivity contribution in [3.63, 3.8) is 0 Å². The summed E-state index contributed by atoms with van der Waals surface area (Å²) >= 11 is 0. The van der Waals surface area contributed by atoms with Gasteiger partial charge in [-0.05, 0) is 51.2 Å². The average molecular weight is 576 g/mol. The Balaban J connectivity index is 1.34. The fourth-order valence-corrected chi connectivity index (χ4v) is 6.38. The number of aryl methyl sites for hydroxylation is 2. The molecule has 9 nitrogen and oxygen atoms in total. The fourth-order valence-electron chi connectivity index (χ4n) is 6.38. The summed E-state index contributed by atoms with van der Waals surface area (Å²) in [6.45, 7) is 6.18. The summed E-state index contributed by atoms with van der Waals surface area (Å²) in [4.78, 5) is 23.4. The highest BCUT2D eigenvalue weighted by atomic mass is 16.5. The lowest BCUT2D eigenvalue weighted by Crippen LogP contribution is -2.59. The van der Waals surface area contributed by atoms with Gasteiger partial charge in [-0.2, -0.15) is 10.4 Å². The molecule has 2 aliphatic rings. The smallest absolute Gasteiger partial charge is 0.246 e. The van der Waals surface area contributed by atoms with E-state index in [1.54, 1.807) is 12.3 Å². The molecule has 0 unspecified atom stereocenters. The molecule has 0 bridgehead atoms. The highest BCUT2D eigenvalue weighted by molar-refractivity contribution is 5.98. The van der Waals surface area contributed by atoms with E-state index in [0.29, 0.717) is 17.9 Å². The minimum atomic E-state index is 0.0285. The van der Waals surface area contributed by atoms with Gasteiger partial charge in [0.15, 0.2) is 0 Å². The van der Waals surface area contributed by atoms with E-state index in [0.717, 1.165) is 78.1 Å². The number of anilines is 1. The van der Waals surface area contributed by atoms with Crippen molar-refractivity contribution in [3.8, 4) is 22.9 Å². The number of benzene rings is 2. The highest BCUT2D eigenvalue weighted by Crippen LogP contribution is 2.45. The van der Waals surface area contributed by atoms with Gasteiger partial charge < -0.3 is 19.4 Å². The average Bonchev–Trinajstić information content (AvgIpc) is 3.60. The molecule has 43 heavy (non-hydrogen) atoms. The summed E-state index contributed by atoms with van der Waals surface area (Å²) in [5.74, 6) is 0.751. The first-order valence-electron chi connectivity index (χ1n) is 14.6. The van der Waals surface area contributed by atoms with Crippen molar-refractivity contribution in [2.75, 3.05) is 51.7 Å². The zero-order chi connectivity index (χ0) is 30.1. The van der Waals surface area contributed by atoms with Crippen LogP contribution >= 0.6 is 0 Å². The molecule has 2 saturated heterocycles. The molecule has 4 aromatic rings. The van der Waals surface area contributed by atoms with Crippen molar-refractivity contribution in [3.05, 3.63) is 83.8 Å². The van der Waals surface area contributed by atoms with Crippen molar-refractivity contribution in [1.29, 1.82) is 5.26 Å². The highest BCUT2D eigenvalue weighted by Gasteiger charge is 2.49. The number of likely N-dealkylation sites (N-methyl/N-ethyl adjacent to an activating group) is 1. The second kappa shape index (κ2) is 11.5.